The van der Waals surface area contributed by atoms with Crippen molar-refractivity contribution in [3.63, 3.8) is 0 Å². The van der Waals surface area contributed by atoms with Gasteiger partial charge in [-0.2, -0.15) is 0 Å². The van der Waals surface area contributed by atoms with E-state index in [4.69, 9.17) is 0 Å². The Bertz CT molecular complexity index is 440. The molecule has 0 fully saturated rings. The Morgan fingerprint density at radius 2 is 1.55 bits per heavy atom. The van der Waals surface area contributed by atoms with Gasteiger partial charge in [-0.15, -0.1) is 0 Å². The molecule has 0 radical (unpaired) electrons. The molecule has 0 spiro atoms. The molecule has 0 aliphatic rings. The lowest BCUT2D eigenvalue weighted by atomic mass is 9.77. The van der Waals surface area contributed by atoms with Crippen molar-refractivity contribution in [1.29, 1.82) is 0 Å². The summed E-state index contributed by atoms with van der Waals surface area (Å²) in [6.45, 7) is 19.3. The van der Waals surface area contributed by atoms with Gasteiger partial charge in [0.05, 0.1) is 0 Å². The Labute approximate surface area is 126 Å². The van der Waals surface area contributed by atoms with Crippen molar-refractivity contribution in [3.05, 3.63) is 34.4 Å². The van der Waals surface area contributed by atoms with E-state index >= 15 is 0 Å². The minimum atomic E-state index is 0.362. The van der Waals surface area contributed by atoms with E-state index in [1.807, 2.05) is 0 Å². The average Bonchev–Trinajstić information content (AvgIpc) is 2.32. The van der Waals surface area contributed by atoms with Crippen LogP contribution in [0.15, 0.2) is 12.1 Å². The zero-order valence-electron chi connectivity index (χ0n) is 14.7. The highest BCUT2D eigenvalue weighted by Crippen LogP contribution is 2.34. The molecule has 0 heterocycles. The van der Waals surface area contributed by atoms with Crippen molar-refractivity contribution < 1.29 is 0 Å². The van der Waals surface area contributed by atoms with Crippen LogP contribution < -0.4 is 5.32 Å². The zero-order valence-corrected chi connectivity index (χ0v) is 14.7. The summed E-state index contributed by atoms with van der Waals surface area (Å²) in [6.07, 6.45) is 1.20. The maximum absolute atomic E-state index is 3.69. The van der Waals surface area contributed by atoms with Gasteiger partial charge in [0.1, 0.15) is 0 Å². The topological polar surface area (TPSA) is 12.0 Å². The Balaban J connectivity index is 3.05. The minimum absolute atomic E-state index is 0.362. The summed E-state index contributed by atoms with van der Waals surface area (Å²) in [6, 6.07) is 5.18. The molecule has 0 bridgehead atoms. The molecule has 1 aromatic rings. The second-order valence-electron chi connectivity index (χ2n) is 7.41. The molecule has 0 amide bonds. The van der Waals surface area contributed by atoms with Crippen LogP contribution >= 0.6 is 0 Å². The SMILES string of the molecule is CCNC(CC(C)C(C)(C)C)c1cc(C)c(C)cc1C. The van der Waals surface area contributed by atoms with E-state index in [1.165, 1.54) is 28.7 Å². The summed E-state index contributed by atoms with van der Waals surface area (Å²) < 4.78 is 0. The summed E-state index contributed by atoms with van der Waals surface area (Å²) in [7, 11) is 0. The molecule has 1 nitrogen and oxygen atoms in total. The predicted octanol–water partition coefficient (Wildman–Crippen LogP) is 5.33. The van der Waals surface area contributed by atoms with Crippen LogP contribution in [0, 0.1) is 32.1 Å². The molecule has 0 saturated carbocycles. The molecule has 2 atom stereocenters. The van der Waals surface area contributed by atoms with Crippen molar-refractivity contribution in [2.75, 3.05) is 6.54 Å². The number of aryl methyl sites for hydroxylation is 3. The molecule has 1 N–H and O–H groups in total. The van der Waals surface area contributed by atoms with Gasteiger partial charge in [-0.3, -0.25) is 0 Å². The van der Waals surface area contributed by atoms with Gasteiger partial charge in [0.25, 0.3) is 0 Å². The average molecular weight is 275 g/mol. The Morgan fingerprint density at radius 3 is 2.05 bits per heavy atom. The molecule has 114 valence electrons. The number of rotatable bonds is 5. The first-order valence-electron chi connectivity index (χ1n) is 7.98. The molecule has 1 rings (SSSR count). The van der Waals surface area contributed by atoms with Gasteiger partial charge in [0.2, 0.25) is 0 Å². The summed E-state index contributed by atoms with van der Waals surface area (Å²) in [5, 5.41) is 3.69. The lowest BCUT2D eigenvalue weighted by molar-refractivity contribution is 0.223. The van der Waals surface area contributed by atoms with E-state index in [0.29, 0.717) is 17.4 Å². The smallest absolute Gasteiger partial charge is 0.0325 e. The number of nitrogens with one attached hydrogen (secondary N) is 1. The molecule has 20 heavy (non-hydrogen) atoms. The van der Waals surface area contributed by atoms with Crippen LogP contribution in [0.25, 0.3) is 0 Å². The molecule has 0 saturated heterocycles. The first kappa shape index (κ1) is 17.2. The van der Waals surface area contributed by atoms with E-state index in [2.05, 4.69) is 72.8 Å². The Hall–Kier alpha value is -0.820. The largest absolute Gasteiger partial charge is 0.310 e. The molecule has 0 aromatic heterocycles. The molecule has 1 aromatic carbocycles. The Morgan fingerprint density at radius 1 is 1.00 bits per heavy atom. The summed E-state index contributed by atoms with van der Waals surface area (Å²) in [5.41, 5.74) is 6.05. The number of benzene rings is 1. The van der Waals surface area contributed by atoms with Crippen molar-refractivity contribution >= 4 is 0 Å². The lowest BCUT2D eigenvalue weighted by Crippen LogP contribution is -2.28. The standard InChI is InChI=1S/C19H33N/c1-9-20-18(12-16(5)19(6,7)8)17-11-14(3)13(2)10-15(17)4/h10-11,16,18,20H,9,12H2,1-8H3. The maximum Gasteiger partial charge on any atom is 0.0325 e. The summed E-state index contributed by atoms with van der Waals surface area (Å²) >= 11 is 0. The van der Waals surface area contributed by atoms with Gasteiger partial charge in [-0.25, -0.2) is 0 Å². The maximum atomic E-state index is 3.69. The van der Waals surface area contributed by atoms with Crippen LogP contribution in [0.2, 0.25) is 0 Å². The minimum Gasteiger partial charge on any atom is -0.310 e. The third-order valence-electron chi connectivity index (χ3n) is 4.78. The highest BCUT2D eigenvalue weighted by Gasteiger charge is 2.25. The second kappa shape index (κ2) is 6.76. The van der Waals surface area contributed by atoms with E-state index in [1.54, 1.807) is 0 Å². The normalized spacial score (nSPS) is 15.2. The summed E-state index contributed by atoms with van der Waals surface area (Å²) in [5.74, 6) is 0.688. The van der Waals surface area contributed by atoms with Gasteiger partial charge in [0.15, 0.2) is 0 Å². The third kappa shape index (κ3) is 4.34. The van der Waals surface area contributed by atoms with Crippen molar-refractivity contribution in [1.82, 2.24) is 5.32 Å². The van der Waals surface area contributed by atoms with Gasteiger partial charge in [-0.05, 0) is 67.3 Å². The van der Waals surface area contributed by atoms with Crippen molar-refractivity contribution in [3.8, 4) is 0 Å². The third-order valence-corrected chi connectivity index (χ3v) is 4.78. The fourth-order valence-electron chi connectivity index (χ4n) is 2.63. The van der Waals surface area contributed by atoms with Crippen molar-refractivity contribution in [2.45, 2.75) is 67.9 Å². The first-order chi connectivity index (χ1) is 9.16. The van der Waals surface area contributed by atoms with Crippen LogP contribution in [0.5, 0.6) is 0 Å². The van der Waals surface area contributed by atoms with Gasteiger partial charge < -0.3 is 5.32 Å². The van der Waals surface area contributed by atoms with Crippen LogP contribution in [0.4, 0.5) is 0 Å². The molecular formula is C19H33N. The number of hydrogen-bond donors (Lipinski definition) is 1. The van der Waals surface area contributed by atoms with Gasteiger partial charge in [0, 0.05) is 6.04 Å². The van der Waals surface area contributed by atoms with E-state index < -0.39 is 0 Å². The van der Waals surface area contributed by atoms with Gasteiger partial charge in [-0.1, -0.05) is 46.8 Å². The fourth-order valence-corrected chi connectivity index (χ4v) is 2.63. The predicted molar refractivity (Wildman–Crippen MR) is 90.3 cm³/mol. The Kier molecular flexibility index (Phi) is 5.82. The van der Waals surface area contributed by atoms with E-state index in [-0.39, 0.29) is 0 Å². The van der Waals surface area contributed by atoms with Crippen LogP contribution in [0.3, 0.4) is 0 Å². The number of hydrogen-bond acceptors (Lipinski definition) is 1. The molecule has 0 aliphatic carbocycles. The van der Waals surface area contributed by atoms with E-state index in [0.717, 1.165) is 6.54 Å². The van der Waals surface area contributed by atoms with Crippen LogP contribution in [-0.4, -0.2) is 6.54 Å². The van der Waals surface area contributed by atoms with Gasteiger partial charge >= 0.3 is 0 Å². The first-order valence-corrected chi connectivity index (χ1v) is 7.98. The van der Waals surface area contributed by atoms with Crippen molar-refractivity contribution in [2.24, 2.45) is 11.3 Å². The summed E-state index contributed by atoms with van der Waals surface area (Å²) in [4.78, 5) is 0. The molecule has 2 unspecified atom stereocenters. The van der Waals surface area contributed by atoms with Crippen LogP contribution in [0.1, 0.15) is 69.3 Å². The highest BCUT2D eigenvalue weighted by atomic mass is 14.9. The van der Waals surface area contributed by atoms with Crippen LogP contribution in [-0.2, 0) is 0 Å². The molecule has 0 aliphatic heterocycles. The molecule has 1 heteroatoms. The fraction of sp³-hybridized carbons (Fsp3) is 0.684. The highest BCUT2D eigenvalue weighted by molar-refractivity contribution is 5.38. The quantitative estimate of drug-likeness (QED) is 0.765. The lowest BCUT2D eigenvalue weighted by Gasteiger charge is -2.32. The van der Waals surface area contributed by atoms with E-state index in [9.17, 15) is 0 Å². The molecular weight excluding hydrogens is 242 g/mol. The second-order valence-corrected chi connectivity index (χ2v) is 7.41. The zero-order chi connectivity index (χ0) is 15.5. The monoisotopic (exact) mass is 275 g/mol.